The summed E-state index contributed by atoms with van der Waals surface area (Å²) >= 11 is 0. The second-order valence-corrected chi connectivity index (χ2v) is 6.56. The summed E-state index contributed by atoms with van der Waals surface area (Å²) in [7, 11) is 0. The zero-order valence-corrected chi connectivity index (χ0v) is 13.6. The van der Waals surface area contributed by atoms with Crippen LogP contribution in [0.3, 0.4) is 0 Å². The Hall–Kier alpha value is -0.610. The van der Waals surface area contributed by atoms with Gasteiger partial charge in [0.2, 0.25) is 5.91 Å². The van der Waals surface area contributed by atoms with Gasteiger partial charge in [-0.25, -0.2) is 0 Å². The standard InChI is InChI=1S/C17H32N2O2/c1-2-7-16-14-21-13-12-19(16)11-10-17(20)18-15-8-5-3-4-6-9-15/h15-16H,2-14H2,1H3,(H,18,20). The average molecular weight is 296 g/mol. The van der Waals surface area contributed by atoms with E-state index in [9.17, 15) is 4.79 Å². The molecule has 2 aliphatic rings. The molecule has 0 bridgehead atoms. The van der Waals surface area contributed by atoms with E-state index in [0.717, 1.165) is 26.3 Å². The first-order chi connectivity index (χ1) is 10.3. The predicted octanol–water partition coefficient (Wildman–Crippen LogP) is 2.72. The Morgan fingerprint density at radius 2 is 2.00 bits per heavy atom. The first-order valence-corrected chi connectivity index (χ1v) is 8.90. The highest BCUT2D eigenvalue weighted by Crippen LogP contribution is 2.17. The lowest BCUT2D eigenvalue weighted by molar-refractivity contribution is -0.122. The summed E-state index contributed by atoms with van der Waals surface area (Å²) in [5.41, 5.74) is 0. The SMILES string of the molecule is CCCC1COCCN1CCC(=O)NC1CCCCCC1. The monoisotopic (exact) mass is 296 g/mol. The molecule has 2 fully saturated rings. The third-order valence-corrected chi connectivity index (χ3v) is 4.82. The van der Waals surface area contributed by atoms with Gasteiger partial charge >= 0.3 is 0 Å². The first kappa shape index (κ1) is 16.8. The van der Waals surface area contributed by atoms with Crippen LogP contribution in [0.5, 0.6) is 0 Å². The molecule has 1 amide bonds. The minimum atomic E-state index is 0.239. The maximum Gasteiger partial charge on any atom is 0.221 e. The minimum absolute atomic E-state index is 0.239. The number of carbonyl (C=O) groups is 1. The van der Waals surface area contributed by atoms with Crippen molar-refractivity contribution in [3.05, 3.63) is 0 Å². The van der Waals surface area contributed by atoms with Crippen LogP contribution in [-0.2, 0) is 9.53 Å². The van der Waals surface area contributed by atoms with Gasteiger partial charge in [-0.15, -0.1) is 0 Å². The van der Waals surface area contributed by atoms with E-state index < -0.39 is 0 Å². The number of hydrogen-bond acceptors (Lipinski definition) is 3. The molecule has 1 unspecified atom stereocenters. The Labute approximate surface area is 129 Å². The predicted molar refractivity (Wildman–Crippen MR) is 85.3 cm³/mol. The number of morpholine rings is 1. The summed E-state index contributed by atoms with van der Waals surface area (Å²) in [5.74, 6) is 0.239. The topological polar surface area (TPSA) is 41.6 Å². The first-order valence-electron chi connectivity index (χ1n) is 8.90. The molecule has 1 N–H and O–H groups in total. The van der Waals surface area contributed by atoms with Gasteiger partial charge in [0.25, 0.3) is 0 Å². The van der Waals surface area contributed by atoms with Gasteiger partial charge in [0.1, 0.15) is 0 Å². The van der Waals surface area contributed by atoms with E-state index in [-0.39, 0.29) is 5.91 Å². The maximum absolute atomic E-state index is 12.2. The van der Waals surface area contributed by atoms with Gasteiger partial charge in [0.05, 0.1) is 13.2 Å². The molecule has 0 spiro atoms. The average Bonchev–Trinajstić information content (AvgIpc) is 2.75. The highest BCUT2D eigenvalue weighted by atomic mass is 16.5. The van der Waals surface area contributed by atoms with Gasteiger partial charge in [-0.2, -0.15) is 0 Å². The van der Waals surface area contributed by atoms with Crippen molar-refractivity contribution < 1.29 is 9.53 Å². The van der Waals surface area contributed by atoms with E-state index in [4.69, 9.17) is 4.74 Å². The van der Waals surface area contributed by atoms with Crippen molar-refractivity contribution in [3.8, 4) is 0 Å². The van der Waals surface area contributed by atoms with Crippen molar-refractivity contribution in [2.24, 2.45) is 0 Å². The highest BCUT2D eigenvalue weighted by Gasteiger charge is 2.23. The molecule has 1 heterocycles. The fraction of sp³-hybridized carbons (Fsp3) is 0.941. The second-order valence-electron chi connectivity index (χ2n) is 6.56. The zero-order chi connectivity index (χ0) is 14.9. The summed E-state index contributed by atoms with van der Waals surface area (Å²) in [5, 5.41) is 3.25. The lowest BCUT2D eigenvalue weighted by atomic mass is 10.1. The number of nitrogens with one attached hydrogen (secondary N) is 1. The van der Waals surface area contributed by atoms with Gasteiger partial charge in [-0.05, 0) is 19.3 Å². The van der Waals surface area contributed by atoms with Gasteiger partial charge in [-0.3, -0.25) is 9.69 Å². The highest BCUT2D eigenvalue weighted by molar-refractivity contribution is 5.76. The van der Waals surface area contributed by atoms with Crippen molar-refractivity contribution in [1.82, 2.24) is 10.2 Å². The molecular weight excluding hydrogens is 264 g/mol. The van der Waals surface area contributed by atoms with Crippen molar-refractivity contribution in [3.63, 3.8) is 0 Å². The Bertz CT molecular complexity index is 299. The fourth-order valence-corrected chi connectivity index (χ4v) is 3.55. The molecule has 0 aromatic carbocycles. The number of hydrogen-bond donors (Lipinski definition) is 1. The Balaban J connectivity index is 1.69. The van der Waals surface area contributed by atoms with E-state index in [1.165, 1.54) is 51.4 Å². The molecule has 0 aromatic rings. The second kappa shape index (κ2) is 9.42. The molecule has 21 heavy (non-hydrogen) atoms. The van der Waals surface area contributed by atoms with Crippen molar-refractivity contribution in [2.75, 3.05) is 26.3 Å². The number of amides is 1. The molecule has 0 radical (unpaired) electrons. The van der Waals surface area contributed by atoms with Crippen LogP contribution in [0.2, 0.25) is 0 Å². The normalized spacial score (nSPS) is 25.5. The van der Waals surface area contributed by atoms with Crippen molar-refractivity contribution >= 4 is 5.91 Å². The molecule has 122 valence electrons. The van der Waals surface area contributed by atoms with E-state index in [0.29, 0.717) is 18.5 Å². The number of rotatable bonds is 6. The molecule has 1 aliphatic carbocycles. The Morgan fingerprint density at radius 1 is 1.24 bits per heavy atom. The largest absolute Gasteiger partial charge is 0.378 e. The molecule has 4 nitrogen and oxygen atoms in total. The summed E-state index contributed by atoms with van der Waals surface area (Å²) in [6.07, 6.45) is 10.5. The van der Waals surface area contributed by atoms with Gasteiger partial charge in [-0.1, -0.05) is 39.0 Å². The number of nitrogens with zero attached hydrogens (tertiary/aromatic N) is 1. The summed E-state index contributed by atoms with van der Waals surface area (Å²) in [4.78, 5) is 14.6. The number of ether oxygens (including phenoxy) is 1. The molecule has 1 aliphatic heterocycles. The van der Waals surface area contributed by atoms with Crippen LogP contribution < -0.4 is 5.32 Å². The molecule has 1 saturated heterocycles. The fourth-order valence-electron chi connectivity index (χ4n) is 3.55. The molecule has 0 aromatic heterocycles. The van der Waals surface area contributed by atoms with Crippen LogP contribution >= 0.6 is 0 Å². The smallest absolute Gasteiger partial charge is 0.221 e. The van der Waals surface area contributed by atoms with Crippen LogP contribution in [0.1, 0.15) is 64.7 Å². The van der Waals surface area contributed by atoms with E-state index >= 15 is 0 Å². The molecule has 2 rings (SSSR count). The third kappa shape index (κ3) is 5.95. The van der Waals surface area contributed by atoms with Gasteiger partial charge in [0, 0.05) is 31.6 Å². The van der Waals surface area contributed by atoms with Crippen molar-refractivity contribution in [1.29, 1.82) is 0 Å². The lowest BCUT2D eigenvalue weighted by Gasteiger charge is -2.35. The summed E-state index contributed by atoms with van der Waals surface area (Å²) in [6, 6.07) is 0.936. The van der Waals surface area contributed by atoms with Gasteiger partial charge in [0.15, 0.2) is 0 Å². The van der Waals surface area contributed by atoms with Crippen LogP contribution in [0, 0.1) is 0 Å². The molecule has 1 saturated carbocycles. The molecule has 4 heteroatoms. The van der Waals surface area contributed by atoms with Crippen LogP contribution in [0.15, 0.2) is 0 Å². The molecular formula is C17H32N2O2. The quantitative estimate of drug-likeness (QED) is 0.766. The Morgan fingerprint density at radius 3 is 2.71 bits per heavy atom. The zero-order valence-electron chi connectivity index (χ0n) is 13.6. The third-order valence-electron chi connectivity index (χ3n) is 4.82. The van der Waals surface area contributed by atoms with Gasteiger partial charge < -0.3 is 10.1 Å². The van der Waals surface area contributed by atoms with Crippen molar-refractivity contribution in [2.45, 2.75) is 76.8 Å². The van der Waals surface area contributed by atoms with E-state index in [1.807, 2.05) is 0 Å². The Kier molecular flexibility index (Phi) is 7.51. The van der Waals surface area contributed by atoms with E-state index in [2.05, 4.69) is 17.1 Å². The lowest BCUT2D eigenvalue weighted by Crippen LogP contribution is -2.47. The maximum atomic E-state index is 12.2. The number of carbonyl (C=O) groups excluding carboxylic acids is 1. The molecule has 1 atom stereocenters. The van der Waals surface area contributed by atoms with Crippen LogP contribution in [0.4, 0.5) is 0 Å². The van der Waals surface area contributed by atoms with E-state index in [1.54, 1.807) is 0 Å². The summed E-state index contributed by atoms with van der Waals surface area (Å²) < 4.78 is 5.56. The van der Waals surface area contributed by atoms with Crippen LogP contribution in [0.25, 0.3) is 0 Å². The van der Waals surface area contributed by atoms with Crippen LogP contribution in [-0.4, -0.2) is 49.2 Å². The summed E-state index contributed by atoms with van der Waals surface area (Å²) in [6.45, 7) is 5.71. The minimum Gasteiger partial charge on any atom is -0.378 e.